The maximum Gasteiger partial charge on any atom is 0.0406 e. The minimum Gasteiger partial charge on any atom is -0.0838 e. The Balaban J connectivity index is 2.51. The van der Waals surface area contributed by atoms with E-state index in [9.17, 15) is 0 Å². The minimum atomic E-state index is 0.455. The number of alkyl halides is 1. The van der Waals surface area contributed by atoms with Crippen molar-refractivity contribution in [2.45, 2.75) is 43.9 Å². The Morgan fingerprint density at radius 2 is 1.88 bits per heavy atom. The molecule has 0 amide bonds. The Morgan fingerprint density at radius 1 is 1.12 bits per heavy atom. The Labute approximate surface area is 124 Å². The highest BCUT2D eigenvalue weighted by Crippen LogP contribution is 2.35. The van der Waals surface area contributed by atoms with Gasteiger partial charge in [-0.2, -0.15) is 0 Å². The first-order valence-corrected chi connectivity index (χ1v) is 8.24. The lowest BCUT2D eigenvalue weighted by molar-refractivity contribution is 0.629. The van der Waals surface area contributed by atoms with Crippen LogP contribution in [0, 0.1) is 0 Å². The molecule has 0 bridgehead atoms. The summed E-state index contributed by atoms with van der Waals surface area (Å²) in [5, 5.41) is 0. The standard InChI is InChI=1S/C13H17Br3/c1-2-3-4-5-6-12(15)11-9-10(14)7-8-13(11)16/h7-9,12H,2-6H2,1H3. The van der Waals surface area contributed by atoms with E-state index in [0.29, 0.717) is 4.83 Å². The van der Waals surface area contributed by atoms with E-state index in [-0.39, 0.29) is 0 Å². The van der Waals surface area contributed by atoms with Crippen molar-refractivity contribution in [3.8, 4) is 0 Å². The third-order valence-corrected chi connectivity index (χ3v) is 4.77. The molecule has 1 aromatic carbocycles. The van der Waals surface area contributed by atoms with E-state index in [0.717, 1.165) is 4.47 Å². The van der Waals surface area contributed by atoms with Crippen LogP contribution in [0.1, 0.15) is 49.4 Å². The summed E-state index contributed by atoms with van der Waals surface area (Å²) in [4.78, 5) is 0.455. The zero-order chi connectivity index (χ0) is 12.0. The van der Waals surface area contributed by atoms with Crippen LogP contribution in [0.25, 0.3) is 0 Å². The van der Waals surface area contributed by atoms with Gasteiger partial charge in [-0.3, -0.25) is 0 Å². The second kappa shape index (κ2) is 7.88. The number of halogens is 3. The lowest BCUT2D eigenvalue weighted by Gasteiger charge is -2.12. The molecule has 0 radical (unpaired) electrons. The van der Waals surface area contributed by atoms with Gasteiger partial charge in [0.1, 0.15) is 0 Å². The van der Waals surface area contributed by atoms with Crippen molar-refractivity contribution in [1.82, 2.24) is 0 Å². The number of unbranched alkanes of at least 4 members (excludes halogenated alkanes) is 3. The highest BCUT2D eigenvalue weighted by Gasteiger charge is 2.11. The highest BCUT2D eigenvalue weighted by atomic mass is 79.9. The first kappa shape index (κ1) is 14.7. The van der Waals surface area contributed by atoms with Gasteiger partial charge in [0.25, 0.3) is 0 Å². The van der Waals surface area contributed by atoms with Gasteiger partial charge >= 0.3 is 0 Å². The molecule has 1 rings (SSSR count). The second-order valence-corrected chi connectivity index (χ2v) is 6.86. The van der Waals surface area contributed by atoms with E-state index in [1.165, 1.54) is 42.1 Å². The lowest BCUT2D eigenvalue weighted by Crippen LogP contribution is -1.92. The van der Waals surface area contributed by atoms with Crippen LogP contribution in [0.4, 0.5) is 0 Å². The van der Waals surface area contributed by atoms with E-state index in [1.54, 1.807) is 0 Å². The van der Waals surface area contributed by atoms with Gasteiger partial charge in [0, 0.05) is 13.8 Å². The lowest BCUT2D eigenvalue weighted by atomic mass is 10.1. The summed E-state index contributed by atoms with van der Waals surface area (Å²) in [6.45, 7) is 2.25. The predicted octanol–water partition coefficient (Wildman–Crippen LogP) is 6.62. The van der Waals surface area contributed by atoms with Crippen molar-refractivity contribution in [3.05, 3.63) is 32.7 Å². The van der Waals surface area contributed by atoms with E-state index >= 15 is 0 Å². The first-order chi connectivity index (χ1) is 7.65. The summed E-state index contributed by atoms with van der Waals surface area (Å²) in [6.07, 6.45) is 6.48. The summed E-state index contributed by atoms with van der Waals surface area (Å²) < 4.78 is 2.33. The molecule has 1 unspecified atom stereocenters. The molecule has 0 saturated heterocycles. The molecular formula is C13H17Br3. The fourth-order valence-electron chi connectivity index (χ4n) is 1.66. The van der Waals surface area contributed by atoms with Crippen molar-refractivity contribution < 1.29 is 0 Å². The third kappa shape index (κ3) is 4.89. The fourth-order valence-corrected chi connectivity index (χ4v) is 3.57. The van der Waals surface area contributed by atoms with Crippen molar-refractivity contribution in [2.75, 3.05) is 0 Å². The summed E-state index contributed by atoms with van der Waals surface area (Å²) in [6, 6.07) is 6.34. The molecule has 0 saturated carbocycles. The molecule has 0 aromatic heterocycles. The maximum atomic E-state index is 3.77. The Bertz CT molecular complexity index is 323. The van der Waals surface area contributed by atoms with Gasteiger partial charge in [0.05, 0.1) is 0 Å². The molecule has 0 N–H and O–H groups in total. The third-order valence-electron chi connectivity index (χ3n) is 2.61. The minimum absolute atomic E-state index is 0.455. The summed E-state index contributed by atoms with van der Waals surface area (Å²) in [7, 11) is 0. The average molecular weight is 413 g/mol. The highest BCUT2D eigenvalue weighted by molar-refractivity contribution is 9.11. The van der Waals surface area contributed by atoms with E-state index < -0.39 is 0 Å². The van der Waals surface area contributed by atoms with Gasteiger partial charge in [-0.25, -0.2) is 0 Å². The van der Waals surface area contributed by atoms with E-state index in [4.69, 9.17) is 0 Å². The molecule has 0 nitrogen and oxygen atoms in total. The molecular weight excluding hydrogens is 396 g/mol. The largest absolute Gasteiger partial charge is 0.0838 e. The van der Waals surface area contributed by atoms with Crippen LogP contribution in [-0.2, 0) is 0 Å². The molecule has 3 heteroatoms. The van der Waals surface area contributed by atoms with Crippen LogP contribution >= 0.6 is 47.8 Å². The van der Waals surface area contributed by atoms with E-state index in [1.807, 2.05) is 0 Å². The van der Waals surface area contributed by atoms with Gasteiger partial charge in [0.2, 0.25) is 0 Å². The van der Waals surface area contributed by atoms with Gasteiger partial charge in [-0.15, -0.1) is 0 Å². The molecule has 0 fully saturated rings. The SMILES string of the molecule is CCCCCCC(Br)c1cc(Br)ccc1Br. The van der Waals surface area contributed by atoms with Gasteiger partial charge in [0.15, 0.2) is 0 Å². The van der Waals surface area contributed by atoms with Crippen LogP contribution in [0.2, 0.25) is 0 Å². The van der Waals surface area contributed by atoms with Crippen LogP contribution in [0.3, 0.4) is 0 Å². The average Bonchev–Trinajstić information content (AvgIpc) is 2.27. The number of benzene rings is 1. The van der Waals surface area contributed by atoms with Crippen molar-refractivity contribution in [3.63, 3.8) is 0 Å². The van der Waals surface area contributed by atoms with Crippen LogP contribution in [0.15, 0.2) is 27.1 Å². The van der Waals surface area contributed by atoms with Crippen LogP contribution < -0.4 is 0 Å². The zero-order valence-electron chi connectivity index (χ0n) is 9.48. The molecule has 0 aliphatic rings. The summed E-state index contributed by atoms with van der Waals surface area (Å²) in [5.74, 6) is 0. The molecule has 0 heterocycles. The number of rotatable bonds is 6. The number of hydrogen-bond acceptors (Lipinski definition) is 0. The van der Waals surface area contributed by atoms with Gasteiger partial charge in [-0.1, -0.05) is 80.4 Å². The molecule has 0 aliphatic carbocycles. The Hall–Kier alpha value is 0.660. The molecule has 16 heavy (non-hydrogen) atoms. The smallest absolute Gasteiger partial charge is 0.0406 e. The van der Waals surface area contributed by atoms with Crippen molar-refractivity contribution in [1.29, 1.82) is 0 Å². The molecule has 1 aromatic rings. The van der Waals surface area contributed by atoms with Crippen molar-refractivity contribution in [2.24, 2.45) is 0 Å². The van der Waals surface area contributed by atoms with Crippen molar-refractivity contribution >= 4 is 47.8 Å². The van der Waals surface area contributed by atoms with Gasteiger partial charge in [-0.05, 0) is 30.2 Å². The maximum absolute atomic E-state index is 3.77. The Kier molecular flexibility index (Phi) is 7.25. The van der Waals surface area contributed by atoms with Gasteiger partial charge < -0.3 is 0 Å². The fraction of sp³-hybridized carbons (Fsp3) is 0.538. The second-order valence-electron chi connectivity index (χ2n) is 3.98. The first-order valence-electron chi connectivity index (χ1n) is 5.74. The summed E-state index contributed by atoms with van der Waals surface area (Å²) >= 11 is 10.9. The Morgan fingerprint density at radius 3 is 2.56 bits per heavy atom. The number of hydrogen-bond donors (Lipinski definition) is 0. The quantitative estimate of drug-likeness (QED) is 0.364. The molecule has 0 spiro atoms. The molecule has 90 valence electrons. The van der Waals surface area contributed by atoms with Crippen LogP contribution in [0.5, 0.6) is 0 Å². The predicted molar refractivity (Wildman–Crippen MR) is 82.3 cm³/mol. The zero-order valence-corrected chi connectivity index (χ0v) is 14.2. The van der Waals surface area contributed by atoms with E-state index in [2.05, 4.69) is 72.9 Å². The monoisotopic (exact) mass is 410 g/mol. The molecule has 0 aliphatic heterocycles. The summed E-state index contributed by atoms with van der Waals surface area (Å²) in [5.41, 5.74) is 1.34. The normalized spacial score (nSPS) is 12.8. The molecule has 1 atom stereocenters. The van der Waals surface area contributed by atoms with Crippen LogP contribution in [-0.4, -0.2) is 0 Å². The topological polar surface area (TPSA) is 0 Å².